The van der Waals surface area contributed by atoms with E-state index in [-0.39, 0.29) is 6.61 Å². The zero-order valence-electron chi connectivity index (χ0n) is 11.2. The first-order valence-corrected chi connectivity index (χ1v) is 5.36. The van der Waals surface area contributed by atoms with Gasteiger partial charge in [-0.15, -0.1) is 0 Å². The Labute approximate surface area is 116 Å². The number of ether oxygens (including phenoxy) is 4. The number of alkyl halides is 3. The summed E-state index contributed by atoms with van der Waals surface area (Å²) in [5.41, 5.74) is 0. The van der Waals surface area contributed by atoms with Crippen LogP contribution in [0.25, 0.3) is 0 Å². The summed E-state index contributed by atoms with van der Waals surface area (Å²) < 4.78 is 53.7. The van der Waals surface area contributed by atoms with Crippen LogP contribution in [-0.4, -0.2) is 49.9 Å². The lowest BCUT2D eigenvalue weighted by molar-refractivity contribution is -0.383. The number of carboxylic acids is 1. The molecule has 0 aliphatic carbocycles. The summed E-state index contributed by atoms with van der Waals surface area (Å²) in [7, 11) is 0.836. The second kappa shape index (κ2) is 7.22. The zero-order valence-corrected chi connectivity index (χ0v) is 11.2. The van der Waals surface area contributed by atoms with Crippen LogP contribution in [0.4, 0.5) is 13.2 Å². The van der Waals surface area contributed by atoms with Gasteiger partial charge in [-0.25, -0.2) is 4.79 Å². The average Bonchev–Trinajstić information content (AvgIpc) is 2.32. The molecule has 2 unspecified atom stereocenters. The van der Waals surface area contributed by atoms with E-state index in [4.69, 9.17) is 0 Å². The van der Waals surface area contributed by atoms with E-state index in [2.05, 4.69) is 18.9 Å². The van der Waals surface area contributed by atoms with Crippen molar-refractivity contribution in [1.29, 1.82) is 0 Å². The lowest BCUT2D eigenvalue weighted by Gasteiger charge is -2.37. The molecule has 11 heteroatoms. The van der Waals surface area contributed by atoms with Crippen LogP contribution in [0.1, 0.15) is 13.8 Å². The molecule has 0 aromatic carbocycles. The number of hydrogen-bond acceptors (Lipinski definition) is 8. The van der Waals surface area contributed by atoms with Gasteiger partial charge in [-0.3, -0.25) is 4.79 Å². The Bertz CT molecular complexity index is 408. The largest absolute Gasteiger partial charge is 0.542 e. The Balaban J connectivity index is 5.74. The molecule has 0 saturated carbocycles. The number of carbonyl (C=O) groups is 3. The monoisotopic (exact) mass is 317 g/mol. The normalized spacial score (nSPS) is 15.7. The third-order valence-corrected chi connectivity index (χ3v) is 1.90. The fourth-order valence-electron chi connectivity index (χ4n) is 1.19. The van der Waals surface area contributed by atoms with E-state index in [9.17, 15) is 32.7 Å². The van der Waals surface area contributed by atoms with Crippen molar-refractivity contribution in [2.75, 3.05) is 13.7 Å². The molecule has 0 amide bonds. The highest BCUT2D eigenvalue weighted by molar-refractivity contribution is 5.84. The number of carbonyl (C=O) groups excluding carboxylic acids is 3. The van der Waals surface area contributed by atoms with E-state index in [0.717, 1.165) is 7.11 Å². The van der Waals surface area contributed by atoms with Gasteiger partial charge in [0.1, 0.15) is 5.97 Å². The van der Waals surface area contributed by atoms with Crippen LogP contribution < -0.4 is 5.11 Å². The first-order valence-electron chi connectivity index (χ1n) is 5.36. The Morgan fingerprint density at radius 2 is 1.71 bits per heavy atom. The van der Waals surface area contributed by atoms with Crippen molar-refractivity contribution in [1.82, 2.24) is 0 Å². The summed E-state index contributed by atoms with van der Waals surface area (Å²) in [6.07, 6.45) is -7.70. The van der Waals surface area contributed by atoms with Gasteiger partial charge in [0, 0.05) is 20.6 Å². The van der Waals surface area contributed by atoms with Gasteiger partial charge in [-0.1, -0.05) is 0 Å². The van der Waals surface area contributed by atoms with Gasteiger partial charge in [-0.05, 0) is 6.92 Å². The van der Waals surface area contributed by atoms with Crippen molar-refractivity contribution < 1.29 is 51.6 Å². The number of rotatable bonds is 7. The highest BCUT2D eigenvalue weighted by atomic mass is 19.4. The quantitative estimate of drug-likeness (QED) is 0.439. The van der Waals surface area contributed by atoms with Crippen LogP contribution in [-0.2, 0) is 33.3 Å². The molecule has 0 aromatic heterocycles. The number of methoxy groups -OCH3 is 1. The van der Waals surface area contributed by atoms with Gasteiger partial charge in [0.05, 0.1) is 0 Å². The molecule has 21 heavy (non-hydrogen) atoms. The third kappa shape index (κ3) is 4.86. The fourth-order valence-corrected chi connectivity index (χ4v) is 1.19. The summed E-state index contributed by atoms with van der Waals surface area (Å²) in [6.45, 7) is 1.77. The maximum absolute atomic E-state index is 12.2. The number of esters is 2. The molecule has 8 nitrogen and oxygen atoms in total. The van der Waals surface area contributed by atoms with Crippen molar-refractivity contribution in [3.63, 3.8) is 0 Å². The maximum atomic E-state index is 12.2. The molecule has 0 radical (unpaired) electrons. The number of halogens is 3. The van der Waals surface area contributed by atoms with Crippen LogP contribution in [0.15, 0.2) is 0 Å². The highest BCUT2D eigenvalue weighted by Crippen LogP contribution is 2.27. The predicted octanol–water partition coefficient (Wildman–Crippen LogP) is -0.890. The summed E-state index contributed by atoms with van der Waals surface area (Å²) in [5, 5.41) is 11.1. The van der Waals surface area contributed by atoms with Crippen molar-refractivity contribution in [3.05, 3.63) is 0 Å². The summed E-state index contributed by atoms with van der Waals surface area (Å²) >= 11 is 0. The minimum atomic E-state index is -5.54. The zero-order chi connectivity index (χ0) is 16.8. The van der Waals surface area contributed by atoms with Gasteiger partial charge >= 0.3 is 23.9 Å². The van der Waals surface area contributed by atoms with E-state index in [1.165, 1.54) is 6.92 Å². The Morgan fingerprint density at radius 3 is 2.00 bits per heavy atom. The Hall–Kier alpha value is -1.88. The number of aliphatic carboxylic acids is 1. The van der Waals surface area contributed by atoms with Gasteiger partial charge in [-0.2, -0.15) is 13.2 Å². The first kappa shape index (κ1) is 19.1. The predicted molar refractivity (Wildman–Crippen MR) is 54.1 cm³/mol. The average molecular weight is 317 g/mol. The van der Waals surface area contributed by atoms with Gasteiger partial charge in [0.15, 0.2) is 0 Å². The molecule has 0 rings (SSSR count). The standard InChI is InChI=1S/C10H13F3O8/c1-4-19-8(18-3)9(6(15)16,20-5(2)14)21-7(17)10(11,12)13/h8H,4H2,1-3H3,(H,15,16)/p-1. The molecule has 0 bridgehead atoms. The van der Waals surface area contributed by atoms with Gasteiger partial charge in [0.25, 0.3) is 0 Å². The minimum Gasteiger partial charge on any atom is -0.542 e. The van der Waals surface area contributed by atoms with Crippen molar-refractivity contribution >= 4 is 17.9 Å². The molecule has 0 fully saturated rings. The van der Waals surface area contributed by atoms with Crippen LogP contribution >= 0.6 is 0 Å². The minimum absolute atomic E-state index is 0.252. The fraction of sp³-hybridized carbons (Fsp3) is 0.700. The van der Waals surface area contributed by atoms with E-state index >= 15 is 0 Å². The second-order valence-electron chi connectivity index (χ2n) is 3.46. The maximum Gasteiger partial charge on any atom is 0.491 e. The molecule has 0 saturated heterocycles. The topological polar surface area (TPSA) is 111 Å². The molecule has 122 valence electrons. The van der Waals surface area contributed by atoms with Crippen molar-refractivity contribution in [2.24, 2.45) is 0 Å². The van der Waals surface area contributed by atoms with Crippen LogP contribution in [0, 0.1) is 0 Å². The first-order chi connectivity index (χ1) is 9.51. The molecular weight excluding hydrogens is 305 g/mol. The van der Waals surface area contributed by atoms with Crippen LogP contribution in [0.5, 0.6) is 0 Å². The summed E-state index contributed by atoms with van der Waals surface area (Å²) in [6, 6.07) is 0. The van der Waals surface area contributed by atoms with Crippen molar-refractivity contribution in [2.45, 2.75) is 32.1 Å². The van der Waals surface area contributed by atoms with Crippen LogP contribution in [0.3, 0.4) is 0 Å². The Morgan fingerprint density at radius 1 is 1.19 bits per heavy atom. The van der Waals surface area contributed by atoms with Crippen LogP contribution in [0.2, 0.25) is 0 Å². The summed E-state index contributed by atoms with van der Waals surface area (Å²) in [4.78, 5) is 32.9. The SMILES string of the molecule is CCOC(OC)C(OC(C)=O)(OC(=O)C(F)(F)F)C(=O)[O-]. The molecular formula is C10H12F3O8-. The number of carboxylic acid groups (broad SMARTS) is 1. The molecule has 0 spiro atoms. The molecule has 0 aromatic rings. The van der Waals surface area contributed by atoms with Crippen molar-refractivity contribution in [3.8, 4) is 0 Å². The van der Waals surface area contributed by atoms with E-state index in [0.29, 0.717) is 6.92 Å². The lowest BCUT2D eigenvalue weighted by Crippen LogP contribution is -2.63. The molecule has 0 aliphatic rings. The smallest absolute Gasteiger partial charge is 0.491 e. The second-order valence-corrected chi connectivity index (χ2v) is 3.46. The summed E-state index contributed by atoms with van der Waals surface area (Å²) in [5.74, 6) is -10.3. The van der Waals surface area contributed by atoms with E-state index in [1.807, 2.05) is 0 Å². The van der Waals surface area contributed by atoms with Gasteiger partial charge in [0.2, 0.25) is 6.29 Å². The van der Waals surface area contributed by atoms with Gasteiger partial charge < -0.3 is 28.8 Å². The highest BCUT2D eigenvalue weighted by Gasteiger charge is 2.55. The van der Waals surface area contributed by atoms with E-state index in [1.54, 1.807) is 0 Å². The Kier molecular flexibility index (Phi) is 6.57. The van der Waals surface area contributed by atoms with E-state index < -0.39 is 36.2 Å². The molecule has 0 heterocycles. The molecule has 0 aliphatic heterocycles. The number of hydrogen-bond donors (Lipinski definition) is 0. The lowest BCUT2D eigenvalue weighted by atomic mass is 10.2. The third-order valence-electron chi connectivity index (χ3n) is 1.90. The molecule has 2 atom stereocenters. The molecule has 0 N–H and O–H groups in total.